The Balaban J connectivity index is 3.21. The zero-order chi connectivity index (χ0) is 8.43. The number of hydrogen-bond donors (Lipinski definition) is 0. The molecule has 60 valence electrons. The molecule has 0 fully saturated rings. The highest BCUT2D eigenvalue weighted by Crippen LogP contribution is 2.12. The SMILES string of the molecule is COc1nc(C)c(C)nc1C. The Labute approximate surface area is 66.4 Å². The fourth-order valence-electron chi connectivity index (χ4n) is 0.888. The normalized spacial score (nSPS) is 9.82. The summed E-state index contributed by atoms with van der Waals surface area (Å²) in [6, 6.07) is 0. The molecule has 0 saturated carbocycles. The van der Waals surface area contributed by atoms with Gasteiger partial charge >= 0.3 is 0 Å². The number of methoxy groups -OCH3 is 1. The highest BCUT2D eigenvalue weighted by Gasteiger charge is 2.03. The predicted octanol–water partition coefficient (Wildman–Crippen LogP) is 1.41. The summed E-state index contributed by atoms with van der Waals surface area (Å²) < 4.78 is 5.01. The maximum atomic E-state index is 5.01. The largest absolute Gasteiger partial charge is 0.480 e. The van der Waals surface area contributed by atoms with Crippen LogP contribution in [0.1, 0.15) is 17.1 Å². The van der Waals surface area contributed by atoms with Gasteiger partial charge in [-0.05, 0) is 20.8 Å². The quantitative estimate of drug-likeness (QED) is 0.610. The van der Waals surface area contributed by atoms with Gasteiger partial charge in [0.25, 0.3) is 0 Å². The molecule has 0 aliphatic carbocycles. The van der Waals surface area contributed by atoms with Crippen molar-refractivity contribution in [2.24, 2.45) is 0 Å². The molecule has 1 heterocycles. The smallest absolute Gasteiger partial charge is 0.235 e. The van der Waals surface area contributed by atoms with Gasteiger partial charge in [-0.15, -0.1) is 0 Å². The van der Waals surface area contributed by atoms with Crippen LogP contribution in [0.15, 0.2) is 0 Å². The third kappa shape index (κ3) is 1.48. The van der Waals surface area contributed by atoms with Crippen LogP contribution in [0.4, 0.5) is 0 Å². The standard InChI is InChI=1S/C8H12N2O/c1-5-6(2)10-8(11-4)7(3)9-5/h1-4H3. The van der Waals surface area contributed by atoms with Crippen molar-refractivity contribution in [2.75, 3.05) is 7.11 Å². The van der Waals surface area contributed by atoms with Crippen LogP contribution >= 0.6 is 0 Å². The lowest BCUT2D eigenvalue weighted by molar-refractivity contribution is 0.390. The van der Waals surface area contributed by atoms with Crippen molar-refractivity contribution in [2.45, 2.75) is 20.8 Å². The van der Waals surface area contributed by atoms with E-state index in [0.29, 0.717) is 5.88 Å². The molecule has 0 atom stereocenters. The summed E-state index contributed by atoms with van der Waals surface area (Å²) in [6.07, 6.45) is 0. The number of aryl methyl sites for hydroxylation is 3. The molecule has 0 bridgehead atoms. The van der Waals surface area contributed by atoms with Crippen LogP contribution in [0.3, 0.4) is 0 Å². The lowest BCUT2D eigenvalue weighted by Gasteiger charge is -2.04. The second kappa shape index (κ2) is 2.86. The van der Waals surface area contributed by atoms with E-state index >= 15 is 0 Å². The van der Waals surface area contributed by atoms with Crippen LogP contribution in [0.5, 0.6) is 5.88 Å². The van der Waals surface area contributed by atoms with E-state index in [0.717, 1.165) is 17.1 Å². The number of hydrogen-bond acceptors (Lipinski definition) is 3. The highest BCUT2D eigenvalue weighted by molar-refractivity contribution is 5.22. The van der Waals surface area contributed by atoms with E-state index in [1.807, 2.05) is 20.8 Å². The van der Waals surface area contributed by atoms with Crippen molar-refractivity contribution in [3.8, 4) is 5.88 Å². The van der Waals surface area contributed by atoms with Gasteiger partial charge in [0.2, 0.25) is 5.88 Å². The van der Waals surface area contributed by atoms with Crippen molar-refractivity contribution in [1.82, 2.24) is 9.97 Å². The molecule has 1 aromatic rings. The lowest BCUT2D eigenvalue weighted by Crippen LogP contribution is -1.99. The van der Waals surface area contributed by atoms with Crippen LogP contribution in [-0.4, -0.2) is 17.1 Å². The average Bonchev–Trinajstić information content (AvgIpc) is 1.97. The first-order valence-electron chi connectivity index (χ1n) is 3.51. The van der Waals surface area contributed by atoms with Crippen molar-refractivity contribution < 1.29 is 4.74 Å². The number of aromatic nitrogens is 2. The third-order valence-electron chi connectivity index (χ3n) is 1.63. The fourth-order valence-corrected chi connectivity index (χ4v) is 0.888. The molecule has 3 heteroatoms. The van der Waals surface area contributed by atoms with Crippen molar-refractivity contribution in [3.05, 3.63) is 17.1 Å². The Kier molecular flexibility index (Phi) is 2.08. The first-order valence-corrected chi connectivity index (χ1v) is 3.51. The molecule has 0 unspecified atom stereocenters. The molecule has 3 nitrogen and oxygen atoms in total. The molecule has 0 N–H and O–H groups in total. The van der Waals surface area contributed by atoms with Crippen LogP contribution in [0.25, 0.3) is 0 Å². The van der Waals surface area contributed by atoms with E-state index in [-0.39, 0.29) is 0 Å². The maximum Gasteiger partial charge on any atom is 0.235 e. The van der Waals surface area contributed by atoms with E-state index in [1.165, 1.54) is 0 Å². The average molecular weight is 152 g/mol. The van der Waals surface area contributed by atoms with Gasteiger partial charge in [0.15, 0.2) is 0 Å². The summed E-state index contributed by atoms with van der Waals surface area (Å²) in [5.74, 6) is 0.619. The molecule has 0 aromatic carbocycles. The maximum absolute atomic E-state index is 5.01. The Morgan fingerprint density at radius 3 is 2.00 bits per heavy atom. The van der Waals surface area contributed by atoms with Gasteiger partial charge in [-0.25, -0.2) is 4.98 Å². The van der Waals surface area contributed by atoms with Gasteiger partial charge in [-0.2, -0.15) is 0 Å². The monoisotopic (exact) mass is 152 g/mol. The topological polar surface area (TPSA) is 35.0 Å². The molecule has 0 amide bonds. The number of nitrogens with zero attached hydrogens (tertiary/aromatic N) is 2. The van der Waals surface area contributed by atoms with Gasteiger partial charge in [0.05, 0.1) is 24.2 Å². The minimum absolute atomic E-state index is 0.619. The molecule has 0 radical (unpaired) electrons. The van der Waals surface area contributed by atoms with Crippen LogP contribution < -0.4 is 4.74 Å². The predicted molar refractivity (Wildman–Crippen MR) is 42.8 cm³/mol. The van der Waals surface area contributed by atoms with E-state index in [4.69, 9.17) is 4.74 Å². The Hall–Kier alpha value is -1.12. The molecule has 0 aliphatic heterocycles. The zero-order valence-corrected chi connectivity index (χ0v) is 7.30. The number of rotatable bonds is 1. The summed E-state index contributed by atoms with van der Waals surface area (Å²) in [5, 5.41) is 0. The van der Waals surface area contributed by atoms with E-state index < -0.39 is 0 Å². The van der Waals surface area contributed by atoms with Crippen LogP contribution in [0, 0.1) is 20.8 Å². The minimum Gasteiger partial charge on any atom is -0.480 e. The first kappa shape index (κ1) is 7.98. The molecular weight excluding hydrogens is 140 g/mol. The molecule has 0 saturated heterocycles. The summed E-state index contributed by atoms with van der Waals surface area (Å²) in [7, 11) is 1.60. The van der Waals surface area contributed by atoms with Crippen molar-refractivity contribution >= 4 is 0 Å². The van der Waals surface area contributed by atoms with Gasteiger partial charge in [-0.3, -0.25) is 4.98 Å². The lowest BCUT2D eigenvalue weighted by atomic mass is 10.3. The molecule has 0 spiro atoms. The van der Waals surface area contributed by atoms with Crippen molar-refractivity contribution in [3.63, 3.8) is 0 Å². The summed E-state index contributed by atoms with van der Waals surface area (Å²) >= 11 is 0. The summed E-state index contributed by atoms with van der Waals surface area (Å²) in [5.41, 5.74) is 2.73. The Morgan fingerprint density at radius 2 is 1.45 bits per heavy atom. The van der Waals surface area contributed by atoms with Crippen molar-refractivity contribution in [1.29, 1.82) is 0 Å². The minimum atomic E-state index is 0.619. The molecule has 11 heavy (non-hydrogen) atoms. The molecule has 1 rings (SSSR count). The summed E-state index contributed by atoms with van der Waals surface area (Å²) in [6.45, 7) is 5.75. The van der Waals surface area contributed by atoms with E-state index in [1.54, 1.807) is 7.11 Å². The molecular formula is C8H12N2O. The number of ether oxygens (including phenoxy) is 1. The second-order valence-corrected chi connectivity index (χ2v) is 2.49. The zero-order valence-electron chi connectivity index (χ0n) is 7.30. The second-order valence-electron chi connectivity index (χ2n) is 2.49. The van der Waals surface area contributed by atoms with Crippen LogP contribution in [-0.2, 0) is 0 Å². The van der Waals surface area contributed by atoms with Gasteiger partial charge in [0, 0.05) is 0 Å². The van der Waals surface area contributed by atoms with E-state index in [9.17, 15) is 0 Å². The Morgan fingerprint density at radius 1 is 0.909 bits per heavy atom. The fraction of sp³-hybridized carbons (Fsp3) is 0.500. The third-order valence-corrected chi connectivity index (χ3v) is 1.63. The summed E-state index contributed by atoms with van der Waals surface area (Å²) in [4.78, 5) is 8.46. The molecule has 1 aromatic heterocycles. The first-order chi connectivity index (χ1) is 5.15. The van der Waals surface area contributed by atoms with Gasteiger partial charge in [0.1, 0.15) is 0 Å². The van der Waals surface area contributed by atoms with Gasteiger partial charge < -0.3 is 4.74 Å². The molecule has 0 aliphatic rings. The Bertz CT molecular complexity index is 271. The van der Waals surface area contributed by atoms with Crippen LogP contribution in [0.2, 0.25) is 0 Å². The van der Waals surface area contributed by atoms with Gasteiger partial charge in [-0.1, -0.05) is 0 Å². The van der Waals surface area contributed by atoms with E-state index in [2.05, 4.69) is 9.97 Å². The highest BCUT2D eigenvalue weighted by atomic mass is 16.5.